The maximum absolute atomic E-state index is 14.0. The number of amides is 4. The Morgan fingerprint density at radius 3 is 2.08 bits per heavy atom. The highest BCUT2D eigenvalue weighted by Crippen LogP contribution is 2.34. The molecular weight excluding hydrogens is 530 g/mol. The van der Waals surface area contributed by atoms with Crippen molar-refractivity contribution in [1.82, 2.24) is 20.9 Å². The van der Waals surface area contributed by atoms with Crippen molar-refractivity contribution >= 4 is 36.0 Å². The number of nitrogens with zero attached hydrogens (tertiary/aromatic N) is 1. The number of hydrogen-bond donors (Lipinski definition) is 4. The summed E-state index contributed by atoms with van der Waals surface area (Å²) < 4.78 is 0. The van der Waals surface area contributed by atoms with E-state index in [9.17, 15) is 19.2 Å². The van der Waals surface area contributed by atoms with E-state index in [4.69, 9.17) is 5.73 Å². The van der Waals surface area contributed by atoms with Crippen molar-refractivity contribution in [2.75, 3.05) is 6.54 Å². The minimum atomic E-state index is -0.876. The van der Waals surface area contributed by atoms with E-state index in [1.807, 2.05) is 60.7 Å². The quantitative estimate of drug-likeness (QED) is 0.368. The topological polar surface area (TPSA) is 134 Å². The van der Waals surface area contributed by atoms with Gasteiger partial charge >= 0.3 is 0 Å². The fraction of sp³-hybridized carbons (Fsp3) is 0.467. The normalized spacial score (nSPS) is 22.9. The Bertz CT molecular complexity index is 1130. The molecule has 2 aromatic carbocycles. The molecule has 2 saturated heterocycles. The van der Waals surface area contributed by atoms with Gasteiger partial charge in [-0.3, -0.25) is 19.2 Å². The molecule has 216 valence electrons. The molecule has 0 unspecified atom stereocenters. The lowest BCUT2D eigenvalue weighted by Gasteiger charge is -2.33. The average Bonchev–Trinajstić information content (AvgIpc) is 3.33. The number of nitrogens with two attached hydrogens (primary N) is 1. The molecule has 0 spiro atoms. The molecule has 4 amide bonds. The number of benzene rings is 2. The smallest absolute Gasteiger partial charge is 0.246 e. The molecule has 0 aromatic heterocycles. The first-order chi connectivity index (χ1) is 18.8. The van der Waals surface area contributed by atoms with Crippen molar-refractivity contribution in [3.05, 3.63) is 71.8 Å². The number of rotatable bonds is 9. The van der Waals surface area contributed by atoms with Crippen molar-refractivity contribution in [3.63, 3.8) is 0 Å². The molecule has 5 N–H and O–H groups in total. The van der Waals surface area contributed by atoms with Crippen LogP contribution in [-0.4, -0.2) is 59.2 Å². The van der Waals surface area contributed by atoms with Gasteiger partial charge in [0.15, 0.2) is 0 Å². The van der Waals surface area contributed by atoms with Crippen LogP contribution in [0.4, 0.5) is 0 Å². The summed E-state index contributed by atoms with van der Waals surface area (Å²) in [4.78, 5) is 54.0. The van der Waals surface area contributed by atoms with Gasteiger partial charge in [-0.25, -0.2) is 0 Å². The van der Waals surface area contributed by atoms with Crippen LogP contribution in [0.3, 0.4) is 0 Å². The van der Waals surface area contributed by atoms with Crippen LogP contribution in [0.5, 0.6) is 0 Å². The Labute approximate surface area is 242 Å². The molecule has 9 nitrogen and oxygen atoms in total. The number of nitrogens with one attached hydrogen (secondary N) is 3. The first kappa shape index (κ1) is 31.1. The maximum Gasteiger partial charge on any atom is 0.246 e. The van der Waals surface area contributed by atoms with E-state index >= 15 is 0 Å². The van der Waals surface area contributed by atoms with Crippen LogP contribution in [0.1, 0.15) is 63.1 Å². The highest BCUT2D eigenvalue weighted by Gasteiger charge is 2.48. The van der Waals surface area contributed by atoms with Gasteiger partial charge in [-0.15, -0.1) is 12.4 Å². The summed E-state index contributed by atoms with van der Waals surface area (Å²) in [6.45, 7) is 3.49. The molecule has 0 radical (unpaired) electrons. The van der Waals surface area contributed by atoms with E-state index < -0.39 is 24.0 Å². The second kappa shape index (κ2) is 14.3. The molecule has 2 fully saturated rings. The molecule has 10 heteroatoms. The third-order valence-corrected chi connectivity index (χ3v) is 7.91. The summed E-state index contributed by atoms with van der Waals surface area (Å²) >= 11 is 0. The van der Waals surface area contributed by atoms with Gasteiger partial charge in [0.2, 0.25) is 23.6 Å². The molecule has 5 atom stereocenters. The molecule has 2 aliphatic rings. The number of halogens is 1. The van der Waals surface area contributed by atoms with Gasteiger partial charge in [0.25, 0.3) is 0 Å². The van der Waals surface area contributed by atoms with Crippen LogP contribution >= 0.6 is 12.4 Å². The zero-order chi connectivity index (χ0) is 27.9. The highest BCUT2D eigenvalue weighted by atomic mass is 35.5. The SMILES string of the molecule is CC[C@H](N)C(=O)N[C@@H]1C(=O)N2[C@@H](CC[C@@H]1CNC(C)=O)CC[C@H]2C(=O)NC(c1ccccc1)c1ccccc1.Cl. The average molecular weight is 570 g/mol. The van der Waals surface area contributed by atoms with Crippen molar-refractivity contribution in [2.45, 2.75) is 76.2 Å². The van der Waals surface area contributed by atoms with E-state index in [1.54, 1.807) is 11.8 Å². The largest absolute Gasteiger partial charge is 0.356 e. The van der Waals surface area contributed by atoms with Gasteiger partial charge in [-0.2, -0.15) is 0 Å². The van der Waals surface area contributed by atoms with Crippen LogP contribution in [0.2, 0.25) is 0 Å². The lowest BCUT2D eigenvalue weighted by Crippen LogP contribution is -2.59. The van der Waals surface area contributed by atoms with Gasteiger partial charge in [-0.1, -0.05) is 67.6 Å². The lowest BCUT2D eigenvalue weighted by molar-refractivity contribution is -0.143. The third-order valence-electron chi connectivity index (χ3n) is 7.91. The molecule has 0 saturated carbocycles. The number of fused-ring (bicyclic) bond motifs is 1. The van der Waals surface area contributed by atoms with Gasteiger partial charge in [0.1, 0.15) is 12.1 Å². The van der Waals surface area contributed by atoms with E-state index in [-0.39, 0.29) is 54.7 Å². The fourth-order valence-electron chi connectivity index (χ4n) is 5.70. The van der Waals surface area contributed by atoms with E-state index in [1.165, 1.54) is 6.92 Å². The number of hydrogen-bond acceptors (Lipinski definition) is 5. The molecule has 0 bridgehead atoms. The van der Waals surface area contributed by atoms with E-state index in [0.29, 0.717) is 32.1 Å². The second-order valence-electron chi connectivity index (χ2n) is 10.5. The number of carbonyl (C=O) groups is 4. The standard InChI is InChI=1S/C30H39N5O4.ClH/c1-3-24(31)28(37)34-27-22(18-32-19(2)36)14-15-23-16-17-25(35(23)30(27)39)29(38)33-26(20-10-6-4-7-11-20)21-12-8-5-9-13-21;/h4-13,22-27H,3,14-18,31H2,1-2H3,(H,32,36)(H,33,38)(H,34,37);1H/t22-,23+,24+,25+,27+;/m1./s1. The van der Waals surface area contributed by atoms with E-state index in [0.717, 1.165) is 11.1 Å². The van der Waals surface area contributed by atoms with Gasteiger partial charge in [0.05, 0.1) is 12.1 Å². The Hall–Kier alpha value is -3.43. The fourth-order valence-corrected chi connectivity index (χ4v) is 5.70. The first-order valence-corrected chi connectivity index (χ1v) is 13.8. The molecule has 2 heterocycles. The molecule has 40 heavy (non-hydrogen) atoms. The van der Waals surface area contributed by atoms with Crippen LogP contribution in [0.25, 0.3) is 0 Å². The minimum absolute atomic E-state index is 0. The second-order valence-corrected chi connectivity index (χ2v) is 10.5. The molecule has 2 aromatic rings. The van der Waals surface area contributed by atoms with Crippen LogP contribution in [-0.2, 0) is 19.2 Å². The van der Waals surface area contributed by atoms with Crippen molar-refractivity contribution in [2.24, 2.45) is 11.7 Å². The zero-order valence-corrected chi connectivity index (χ0v) is 23.9. The minimum Gasteiger partial charge on any atom is -0.356 e. The van der Waals surface area contributed by atoms with Gasteiger partial charge < -0.3 is 26.6 Å². The molecule has 0 aliphatic carbocycles. The molecule has 2 aliphatic heterocycles. The van der Waals surface area contributed by atoms with Crippen molar-refractivity contribution in [1.29, 1.82) is 0 Å². The van der Waals surface area contributed by atoms with Gasteiger partial charge in [-0.05, 0) is 43.2 Å². The van der Waals surface area contributed by atoms with Crippen LogP contribution in [0.15, 0.2) is 60.7 Å². The molecular formula is C30H40ClN5O4. The van der Waals surface area contributed by atoms with E-state index in [2.05, 4.69) is 16.0 Å². The Kier molecular flexibility index (Phi) is 11.1. The summed E-state index contributed by atoms with van der Waals surface area (Å²) in [5.41, 5.74) is 7.86. The third kappa shape index (κ3) is 7.20. The molecule has 4 rings (SSSR count). The van der Waals surface area contributed by atoms with Gasteiger partial charge in [0, 0.05) is 25.4 Å². The monoisotopic (exact) mass is 569 g/mol. The first-order valence-electron chi connectivity index (χ1n) is 13.8. The predicted molar refractivity (Wildman–Crippen MR) is 155 cm³/mol. The number of carbonyl (C=O) groups excluding carboxylic acids is 4. The Balaban J connectivity index is 0.00000441. The summed E-state index contributed by atoms with van der Waals surface area (Å²) in [5.74, 6) is -1.43. The zero-order valence-electron chi connectivity index (χ0n) is 23.0. The Morgan fingerprint density at radius 2 is 1.52 bits per heavy atom. The summed E-state index contributed by atoms with van der Waals surface area (Å²) in [5, 5.41) is 8.86. The van der Waals surface area contributed by atoms with Crippen molar-refractivity contribution in [3.8, 4) is 0 Å². The van der Waals surface area contributed by atoms with Crippen LogP contribution in [0, 0.1) is 5.92 Å². The van der Waals surface area contributed by atoms with Crippen molar-refractivity contribution < 1.29 is 19.2 Å². The predicted octanol–water partition coefficient (Wildman–Crippen LogP) is 2.44. The van der Waals surface area contributed by atoms with Crippen LogP contribution < -0.4 is 21.7 Å². The highest BCUT2D eigenvalue weighted by molar-refractivity contribution is 5.94. The summed E-state index contributed by atoms with van der Waals surface area (Å²) in [7, 11) is 0. The maximum atomic E-state index is 14.0. The lowest BCUT2D eigenvalue weighted by atomic mass is 9.92. The Morgan fingerprint density at radius 1 is 0.950 bits per heavy atom. The summed E-state index contributed by atoms with van der Waals surface area (Å²) in [6, 6.07) is 16.7. The summed E-state index contributed by atoms with van der Waals surface area (Å²) in [6.07, 6.45) is 3.00.